The Morgan fingerprint density at radius 2 is 0.583 bits per heavy atom. The largest absolute Gasteiger partial charge is 0.310 e. The van der Waals surface area contributed by atoms with Crippen LogP contribution in [0.15, 0.2) is 261 Å². The first-order valence-corrected chi connectivity index (χ1v) is 24.7. The van der Waals surface area contributed by atoms with Gasteiger partial charge in [-0.1, -0.05) is 188 Å². The van der Waals surface area contributed by atoms with E-state index in [2.05, 4.69) is 265 Å². The van der Waals surface area contributed by atoms with E-state index in [0.717, 1.165) is 56.5 Å². The first kappa shape index (κ1) is 40.3. The van der Waals surface area contributed by atoms with Gasteiger partial charge in [0, 0.05) is 50.8 Å². The lowest BCUT2D eigenvalue weighted by Gasteiger charge is -2.28. The summed E-state index contributed by atoms with van der Waals surface area (Å²) >= 11 is 0. The number of hydrogen-bond acceptors (Lipinski definition) is 3. The molecular weight excluding hydrogens is 871 g/mol. The molecule has 15 aromatic rings. The molecule has 72 heavy (non-hydrogen) atoms. The summed E-state index contributed by atoms with van der Waals surface area (Å²) in [5, 5.41) is 20.2. The lowest BCUT2D eigenvalue weighted by molar-refractivity contribution is 1.29. The van der Waals surface area contributed by atoms with Crippen molar-refractivity contribution in [3.8, 4) is 22.4 Å². The van der Waals surface area contributed by atoms with E-state index in [4.69, 9.17) is 4.98 Å². The van der Waals surface area contributed by atoms with Gasteiger partial charge in [-0.05, 0) is 148 Å². The van der Waals surface area contributed by atoms with Crippen LogP contribution in [0.4, 0.5) is 34.1 Å². The Morgan fingerprint density at radius 1 is 0.236 bits per heavy atom. The van der Waals surface area contributed by atoms with E-state index in [1.54, 1.807) is 0 Å². The Balaban J connectivity index is 0.773. The minimum absolute atomic E-state index is 0.929. The zero-order chi connectivity index (χ0) is 47.3. The number of benzene rings is 14. The second-order valence-electron chi connectivity index (χ2n) is 19.1. The van der Waals surface area contributed by atoms with Gasteiger partial charge in [0.05, 0.1) is 17.1 Å². The van der Waals surface area contributed by atoms with Crippen molar-refractivity contribution < 1.29 is 0 Å². The Morgan fingerprint density at radius 3 is 1.01 bits per heavy atom. The molecule has 15 rings (SSSR count). The average Bonchev–Trinajstić information content (AvgIpc) is 3.44. The Kier molecular flexibility index (Phi) is 8.96. The summed E-state index contributed by atoms with van der Waals surface area (Å²) in [5.74, 6) is 0. The van der Waals surface area contributed by atoms with Crippen LogP contribution in [0, 0.1) is 0 Å². The average molecular weight is 914 g/mol. The number of rotatable bonds is 8. The highest BCUT2D eigenvalue weighted by Crippen LogP contribution is 2.46. The predicted molar refractivity (Wildman–Crippen MR) is 307 cm³/mol. The second-order valence-corrected chi connectivity index (χ2v) is 19.1. The molecule has 3 nitrogen and oxygen atoms in total. The SMILES string of the molecule is c1ccc2c(N(c3ccc(-c4ccc(-c5ccc(N(c6cc7ccc8cccc9ccc(c6)c7c89)c6cccc7ccccc67)cc5)nc4)cc3)c3cc4ccc5cccc6ccc(c3)c4c56)cccc2c1. The summed E-state index contributed by atoms with van der Waals surface area (Å²) in [6, 6.07) is 93.4. The normalized spacial score (nSPS) is 11.9. The number of pyridine rings is 1. The molecule has 334 valence electrons. The third-order valence-electron chi connectivity index (χ3n) is 15.1. The van der Waals surface area contributed by atoms with Crippen LogP contribution in [0.1, 0.15) is 0 Å². The third-order valence-corrected chi connectivity index (χ3v) is 15.1. The van der Waals surface area contributed by atoms with Gasteiger partial charge in [-0.15, -0.1) is 0 Å². The van der Waals surface area contributed by atoms with Gasteiger partial charge in [0.1, 0.15) is 0 Å². The van der Waals surface area contributed by atoms with E-state index in [9.17, 15) is 0 Å². The summed E-state index contributed by atoms with van der Waals surface area (Å²) in [6.07, 6.45) is 2.01. The van der Waals surface area contributed by atoms with Gasteiger partial charge < -0.3 is 9.80 Å². The molecule has 0 aliphatic rings. The van der Waals surface area contributed by atoms with Gasteiger partial charge in [-0.25, -0.2) is 0 Å². The summed E-state index contributed by atoms with van der Waals surface area (Å²) in [4.78, 5) is 9.89. The van der Waals surface area contributed by atoms with E-state index in [0.29, 0.717) is 0 Å². The molecule has 0 aliphatic heterocycles. The number of aromatic nitrogens is 1. The van der Waals surface area contributed by atoms with Gasteiger partial charge in [0.15, 0.2) is 0 Å². The maximum absolute atomic E-state index is 5.07. The second kappa shape index (κ2) is 16.0. The molecule has 14 aromatic carbocycles. The molecule has 1 aromatic heterocycles. The van der Waals surface area contributed by atoms with Crippen molar-refractivity contribution >= 4 is 120 Å². The van der Waals surface area contributed by atoms with E-state index in [-0.39, 0.29) is 0 Å². The highest BCUT2D eigenvalue weighted by molar-refractivity contribution is 6.25. The predicted octanol–water partition coefficient (Wildman–Crippen LogP) is 19.5. The molecule has 3 heteroatoms. The summed E-state index contributed by atoms with van der Waals surface area (Å²) in [5.41, 5.74) is 10.9. The van der Waals surface area contributed by atoms with Crippen LogP contribution in [-0.4, -0.2) is 4.98 Å². The number of nitrogens with zero attached hydrogens (tertiary/aromatic N) is 3. The van der Waals surface area contributed by atoms with Gasteiger partial charge in [-0.3, -0.25) is 4.98 Å². The van der Waals surface area contributed by atoms with Crippen LogP contribution in [0.5, 0.6) is 0 Å². The molecule has 0 saturated carbocycles. The smallest absolute Gasteiger partial charge is 0.0702 e. The summed E-state index contributed by atoms with van der Waals surface area (Å²) in [6.45, 7) is 0. The molecule has 0 atom stereocenters. The molecule has 0 fully saturated rings. The monoisotopic (exact) mass is 913 g/mol. The minimum atomic E-state index is 0.929. The molecule has 0 amide bonds. The maximum Gasteiger partial charge on any atom is 0.0702 e. The minimum Gasteiger partial charge on any atom is -0.310 e. The fourth-order valence-electron chi connectivity index (χ4n) is 11.7. The van der Waals surface area contributed by atoms with Gasteiger partial charge in [0.25, 0.3) is 0 Å². The molecule has 0 saturated heterocycles. The topological polar surface area (TPSA) is 19.4 Å². The van der Waals surface area contributed by atoms with E-state index in [1.807, 2.05) is 6.20 Å². The van der Waals surface area contributed by atoms with E-state index in [1.165, 1.54) is 86.2 Å². The van der Waals surface area contributed by atoms with Crippen LogP contribution in [0.2, 0.25) is 0 Å². The molecule has 0 aliphatic carbocycles. The number of anilines is 6. The van der Waals surface area contributed by atoms with Gasteiger partial charge in [0.2, 0.25) is 0 Å². The maximum atomic E-state index is 5.07. The van der Waals surface area contributed by atoms with E-state index < -0.39 is 0 Å². The molecule has 1 heterocycles. The zero-order valence-electron chi connectivity index (χ0n) is 39.2. The highest BCUT2D eigenvalue weighted by atomic mass is 15.1. The molecule has 0 N–H and O–H groups in total. The van der Waals surface area contributed by atoms with Crippen molar-refractivity contribution in [2.75, 3.05) is 9.80 Å². The van der Waals surface area contributed by atoms with Crippen molar-refractivity contribution in [3.63, 3.8) is 0 Å². The molecule has 0 radical (unpaired) electrons. The van der Waals surface area contributed by atoms with Crippen LogP contribution in [-0.2, 0) is 0 Å². The van der Waals surface area contributed by atoms with Crippen molar-refractivity contribution in [1.29, 1.82) is 0 Å². The Bertz CT molecular complexity index is 4130. The van der Waals surface area contributed by atoms with Crippen LogP contribution < -0.4 is 9.80 Å². The van der Waals surface area contributed by atoms with Crippen LogP contribution in [0.3, 0.4) is 0 Å². The molecule has 0 bridgehead atoms. The molecule has 0 spiro atoms. The standard InChI is InChI=1S/C69H43N3/c1-3-17-61-45(9-1)11-7-19-64(61)71(59-39-52-25-21-48-13-5-14-49-22-26-53(40-59)68(52)66(48)49)57-34-29-44(30-35-57)56-33-38-63(70-43-56)47-31-36-58(37-32-47)72(65-20-8-12-46-10-2-4-18-62(46)65)60-41-54-27-23-50-15-6-16-51-24-28-55(42-60)69(54)67(50)51/h1-43H. The quantitative estimate of drug-likeness (QED) is 0.142. The van der Waals surface area contributed by atoms with Crippen molar-refractivity contribution in [3.05, 3.63) is 261 Å². The van der Waals surface area contributed by atoms with Crippen LogP contribution >= 0.6 is 0 Å². The van der Waals surface area contributed by atoms with Crippen molar-refractivity contribution in [2.45, 2.75) is 0 Å². The summed E-state index contributed by atoms with van der Waals surface area (Å²) in [7, 11) is 0. The first-order valence-electron chi connectivity index (χ1n) is 24.7. The summed E-state index contributed by atoms with van der Waals surface area (Å²) < 4.78 is 0. The lowest BCUT2D eigenvalue weighted by atomic mass is 9.93. The fraction of sp³-hybridized carbons (Fsp3) is 0. The Labute approximate surface area is 416 Å². The zero-order valence-corrected chi connectivity index (χ0v) is 39.2. The van der Waals surface area contributed by atoms with Gasteiger partial charge in [-0.2, -0.15) is 0 Å². The number of fused-ring (bicyclic) bond motifs is 2. The first-order chi connectivity index (χ1) is 35.7. The van der Waals surface area contributed by atoms with Crippen LogP contribution in [0.25, 0.3) is 109 Å². The number of hydrogen-bond donors (Lipinski definition) is 0. The van der Waals surface area contributed by atoms with Crippen molar-refractivity contribution in [1.82, 2.24) is 4.98 Å². The lowest BCUT2D eigenvalue weighted by Crippen LogP contribution is -2.10. The fourth-order valence-corrected chi connectivity index (χ4v) is 11.7. The Hall–Kier alpha value is -9.57. The van der Waals surface area contributed by atoms with E-state index >= 15 is 0 Å². The van der Waals surface area contributed by atoms with Gasteiger partial charge >= 0.3 is 0 Å². The third kappa shape index (κ3) is 6.41. The molecule has 0 unspecified atom stereocenters. The van der Waals surface area contributed by atoms with Crippen molar-refractivity contribution in [2.24, 2.45) is 0 Å². The molecular formula is C69H43N3. The highest BCUT2D eigenvalue weighted by Gasteiger charge is 2.21.